The van der Waals surface area contributed by atoms with Crippen molar-refractivity contribution in [3.8, 4) is 28.7 Å². The van der Waals surface area contributed by atoms with E-state index >= 15 is 0 Å². The first-order valence-electron chi connectivity index (χ1n) is 24.8. The molecule has 0 unspecified atom stereocenters. The second kappa shape index (κ2) is 26.3. The quantitative estimate of drug-likeness (QED) is 0.0620. The lowest BCUT2D eigenvalue weighted by atomic mass is 10.1. The van der Waals surface area contributed by atoms with Crippen LogP contribution in [0.4, 0.5) is 11.4 Å². The molecule has 0 aliphatic carbocycles. The van der Waals surface area contributed by atoms with Crippen LogP contribution in [-0.2, 0) is 37.0 Å². The van der Waals surface area contributed by atoms with E-state index in [-0.39, 0.29) is 62.0 Å². The van der Waals surface area contributed by atoms with Crippen LogP contribution in [-0.4, -0.2) is 180 Å². The Hall–Kier alpha value is -6.67. The third kappa shape index (κ3) is 14.5. The molecule has 19 nitrogen and oxygen atoms in total. The molecule has 7 rings (SSSR count). The number of carbonyl (C=O) groups is 4. The molecule has 2 atom stereocenters. The Morgan fingerprint density at radius 1 is 0.630 bits per heavy atom. The van der Waals surface area contributed by atoms with Crippen molar-refractivity contribution < 1.29 is 57.1 Å². The van der Waals surface area contributed by atoms with Crippen LogP contribution in [0, 0.1) is 0 Å². The Bertz CT molecular complexity index is 2440. The molecular formula is C54H69N7O12. The van der Waals surface area contributed by atoms with Crippen LogP contribution in [0.2, 0.25) is 0 Å². The largest absolute Gasteiger partial charge is 0.493 e. The Labute approximate surface area is 427 Å². The molecule has 73 heavy (non-hydrogen) atoms. The number of rotatable bonds is 27. The highest BCUT2D eigenvalue weighted by Crippen LogP contribution is 2.41. The fourth-order valence-electron chi connectivity index (χ4n) is 8.73. The number of methoxy groups -OCH3 is 2. The van der Waals surface area contributed by atoms with Gasteiger partial charge in [0.15, 0.2) is 23.0 Å². The van der Waals surface area contributed by atoms with E-state index in [2.05, 4.69) is 0 Å². The first kappa shape index (κ1) is 54.1. The van der Waals surface area contributed by atoms with E-state index in [4.69, 9.17) is 52.9 Å². The van der Waals surface area contributed by atoms with Crippen molar-refractivity contribution in [3.05, 3.63) is 82.2 Å². The molecule has 4 aliphatic heterocycles. The number of aromatic nitrogens is 1. The summed E-state index contributed by atoms with van der Waals surface area (Å²) in [5.74, 6) is 1.73. The van der Waals surface area contributed by atoms with Crippen molar-refractivity contribution in [1.29, 1.82) is 0 Å². The summed E-state index contributed by atoms with van der Waals surface area (Å²) in [6.07, 6.45) is 9.90. The number of benzene rings is 2. The van der Waals surface area contributed by atoms with Crippen molar-refractivity contribution in [2.45, 2.75) is 71.8 Å². The molecule has 3 amide bonds. The third-order valence-corrected chi connectivity index (χ3v) is 12.9. The summed E-state index contributed by atoms with van der Waals surface area (Å²) in [6.45, 7) is 10.1. The maximum absolute atomic E-state index is 13.8. The molecule has 2 fully saturated rings. The molecule has 1 aromatic heterocycles. The average molecular weight is 1010 g/mol. The van der Waals surface area contributed by atoms with Gasteiger partial charge in [0.05, 0.1) is 106 Å². The van der Waals surface area contributed by atoms with Crippen molar-refractivity contribution in [2.24, 2.45) is 9.98 Å². The summed E-state index contributed by atoms with van der Waals surface area (Å²) in [6, 6.07) is 10.0. The van der Waals surface area contributed by atoms with Crippen LogP contribution in [0.15, 0.2) is 69.7 Å². The summed E-state index contributed by atoms with van der Waals surface area (Å²) in [5.41, 5.74) is 5.17. The van der Waals surface area contributed by atoms with E-state index in [0.717, 1.165) is 12.8 Å². The second-order valence-electron chi connectivity index (χ2n) is 18.3. The minimum Gasteiger partial charge on any atom is -0.493 e. The summed E-state index contributed by atoms with van der Waals surface area (Å²) >= 11 is 0. The van der Waals surface area contributed by atoms with Crippen molar-refractivity contribution in [2.75, 3.05) is 107 Å². The minimum atomic E-state index is -0.135. The minimum absolute atomic E-state index is 0.0227. The smallest absolute Gasteiger partial charge is 0.257 e. The van der Waals surface area contributed by atoms with Gasteiger partial charge in [-0.1, -0.05) is 23.3 Å². The average Bonchev–Trinajstić information content (AvgIpc) is 3.96. The van der Waals surface area contributed by atoms with E-state index < -0.39 is 0 Å². The van der Waals surface area contributed by atoms with Crippen LogP contribution in [0.5, 0.6) is 28.7 Å². The summed E-state index contributed by atoms with van der Waals surface area (Å²) < 4.78 is 47.5. The topological polar surface area (TPSA) is 193 Å². The zero-order valence-corrected chi connectivity index (χ0v) is 43.2. The van der Waals surface area contributed by atoms with Crippen molar-refractivity contribution in [1.82, 2.24) is 24.6 Å². The van der Waals surface area contributed by atoms with Gasteiger partial charge in [-0.25, -0.2) is 0 Å². The van der Waals surface area contributed by atoms with E-state index in [0.29, 0.717) is 141 Å². The molecule has 5 heterocycles. The van der Waals surface area contributed by atoms with Crippen molar-refractivity contribution >= 4 is 47.3 Å². The maximum atomic E-state index is 13.8. The van der Waals surface area contributed by atoms with Crippen LogP contribution < -0.4 is 23.7 Å². The first-order valence-corrected chi connectivity index (χ1v) is 24.8. The Morgan fingerprint density at radius 3 is 1.60 bits per heavy atom. The second-order valence-corrected chi connectivity index (χ2v) is 18.3. The van der Waals surface area contributed by atoms with Crippen LogP contribution in [0.3, 0.4) is 0 Å². The number of hydrogen-bond donors (Lipinski definition) is 0. The Kier molecular flexibility index (Phi) is 19.5. The molecule has 0 spiro atoms. The standard InChI is InChI=1S/C54H69N7O12/c1-8-37-22-41-30-55-46-28-50(48(66-6)26-44(46)53(64)60(41)32-37)72-34-39-24-43(71-17-14-59(52(63)10-12-58(4)5)13-16-69-19-21-70-20-18-68-15-11-36(3)62)25-40(57-39)35-73-51-29-47-45(27-49(51)67-7)54(65)61-33-38(9-2)23-42(61)31-56-47/h8-9,24-31,41-42H,10-23,32-35H2,1-7H3/b37-8+,38-9+/t41-,42-/m0/s1. The van der Waals surface area contributed by atoms with Crippen molar-refractivity contribution in [3.63, 3.8) is 0 Å². The van der Waals surface area contributed by atoms with Gasteiger partial charge in [0.2, 0.25) is 5.91 Å². The number of nitrogens with zero attached hydrogens (tertiary/aromatic N) is 7. The first-order chi connectivity index (χ1) is 35.4. The Morgan fingerprint density at radius 2 is 1.12 bits per heavy atom. The van der Waals surface area contributed by atoms with Gasteiger partial charge in [-0.15, -0.1) is 0 Å². The number of ether oxygens (including phenoxy) is 8. The number of hydrogen-bond acceptors (Lipinski definition) is 16. The molecule has 4 aliphatic rings. The number of pyridine rings is 1. The number of carbonyl (C=O) groups excluding carboxylic acids is 4. The predicted octanol–water partition coefficient (Wildman–Crippen LogP) is 6.20. The van der Waals surface area contributed by atoms with E-state index in [9.17, 15) is 19.2 Å². The fourth-order valence-corrected chi connectivity index (χ4v) is 8.73. The fraction of sp³-hybridized carbons (Fsp3) is 0.500. The normalized spacial score (nSPS) is 17.9. The molecule has 0 saturated carbocycles. The van der Waals surface area contributed by atoms with Crippen LogP contribution >= 0.6 is 0 Å². The third-order valence-electron chi connectivity index (χ3n) is 12.9. The van der Waals surface area contributed by atoms with Gasteiger partial charge in [0, 0.05) is 75.7 Å². The zero-order valence-electron chi connectivity index (χ0n) is 43.2. The summed E-state index contributed by atoms with van der Waals surface area (Å²) in [5, 5.41) is 0. The molecular weight excluding hydrogens is 939 g/mol. The maximum Gasteiger partial charge on any atom is 0.257 e. The molecule has 3 aromatic rings. The molecule has 0 N–H and O–H groups in total. The molecule has 19 heteroatoms. The van der Waals surface area contributed by atoms with Gasteiger partial charge >= 0.3 is 0 Å². The summed E-state index contributed by atoms with van der Waals surface area (Å²) in [4.78, 5) is 73.8. The van der Waals surface area contributed by atoms with Gasteiger partial charge < -0.3 is 57.5 Å². The van der Waals surface area contributed by atoms with Gasteiger partial charge in [-0.3, -0.25) is 34.1 Å². The zero-order chi connectivity index (χ0) is 51.9. The summed E-state index contributed by atoms with van der Waals surface area (Å²) in [7, 11) is 6.88. The molecule has 392 valence electrons. The Balaban J connectivity index is 1.06. The number of aliphatic imine (C=N–C) groups is 2. The van der Waals surface area contributed by atoms with Gasteiger partial charge in [0.25, 0.3) is 11.8 Å². The number of allylic oxidation sites excluding steroid dienone is 2. The van der Waals surface area contributed by atoms with Crippen LogP contribution in [0.25, 0.3) is 0 Å². The molecule has 2 aromatic carbocycles. The van der Waals surface area contributed by atoms with E-state index in [1.807, 2.05) is 67.2 Å². The highest BCUT2D eigenvalue weighted by molar-refractivity contribution is 6.05. The van der Waals surface area contributed by atoms with Crippen LogP contribution in [0.1, 0.15) is 78.6 Å². The molecule has 0 bridgehead atoms. The molecule has 2 saturated heterocycles. The number of amides is 3. The SMILES string of the molecule is C/C=C1\C[C@H]2C=Nc3cc(OCc4cc(OCCN(CCOCCOCCOCCC(C)=O)C(=O)CCN(C)C)cc(COc5cc6c(cc5OC)C(=O)N5C/C(=C/C)C[C@H]5C=N6)n4)c(OC)cc3C(=O)N2C1. The lowest BCUT2D eigenvalue weighted by Gasteiger charge is -2.24. The van der Waals surface area contributed by atoms with Gasteiger partial charge in [-0.05, 0) is 59.8 Å². The van der Waals surface area contributed by atoms with E-state index in [1.165, 1.54) is 32.3 Å². The highest BCUT2D eigenvalue weighted by atomic mass is 16.5. The van der Waals surface area contributed by atoms with Gasteiger partial charge in [0.1, 0.15) is 31.4 Å². The number of Topliss-reactive ketones (excluding diaryl/α,β-unsaturated/α-hetero) is 1. The van der Waals surface area contributed by atoms with Gasteiger partial charge in [-0.2, -0.15) is 0 Å². The monoisotopic (exact) mass is 1010 g/mol. The molecule has 0 radical (unpaired) electrons. The predicted molar refractivity (Wildman–Crippen MR) is 275 cm³/mol. The highest BCUT2D eigenvalue weighted by Gasteiger charge is 2.36. The van der Waals surface area contributed by atoms with E-state index in [1.54, 1.807) is 41.3 Å². The number of ketones is 1. The number of fused-ring (bicyclic) bond motifs is 4. The lowest BCUT2D eigenvalue weighted by molar-refractivity contribution is -0.132. The lowest BCUT2D eigenvalue weighted by Crippen LogP contribution is -2.38.